The van der Waals surface area contributed by atoms with E-state index in [-0.39, 0.29) is 6.61 Å². The molecule has 0 fully saturated rings. The molecule has 0 amide bonds. The first-order valence-corrected chi connectivity index (χ1v) is 6.04. The van der Waals surface area contributed by atoms with Crippen molar-refractivity contribution in [2.75, 3.05) is 19.0 Å². The standard InChI is InChI=1S/C12H13BrO4/c1-16-10-5-9(3-2-4-13)6-11(7-10)17-8-12(14)15/h2-3,5-7H,4,8H2,1H3,(H,14,15)/b3-2+. The third kappa shape index (κ3) is 4.91. The summed E-state index contributed by atoms with van der Waals surface area (Å²) >= 11 is 3.28. The number of alkyl halides is 1. The number of hydrogen-bond donors (Lipinski definition) is 1. The van der Waals surface area contributed by atoms with Crippen molar-refractivity contribution in [3.8, 4) is 11.5 Å². The van der Waals surface area contributed by atoms with Crippen molar-refractivity contribution in [2.45, 2.75) is 0 Å². The molecule has 0 aliphatic heterocycles. The number of benzene rings is 1. The summed E-state index contributed by atoms with van der Waals surface area (Å²) in [5.74, 6) is 0.0912. The number of methoxy groups -OCH3 is 1. The number of carboxylic acids is 1. The number of hydrogen-bond acceptors (Lipinski definition) is 3. The van der Waals surface area contributed by atoms with Gasteiger partial charge in [0, 0.05) is 11.4 Å². The van der Waals surface area contributed by atoms with Crippen molar-refractivity contribution in [3.63, 3.8) is 0 Å². The average molecular weight is 301 g/mol. The van der Waals surface area contributed by atoms with E-state index in [4.69, 9.17) is 14.6 Å². The van der Waals surface area contributed by atoms with Crippen LogP contribution in [0.4, 0.5) is 0 Å². The Labute approximate surface area is 108 Å². The first kappa shape index (κ1) is 13.6. The SMILES string of the molecule is COc1cc(/C=C/CBr)cc(OCC(=O)O)c1. The maximum atomic E-state index is 10.4. The predicted octanol–water partition coefficient (Wildman–Crippen LogP) is 2.57. The van der Waals surface area contributed by atoms with E-state index < -0.39 is 5.97 Å². The molecule has 0 radical (unpaired) electrons. The molecule has 0 atom stereocenters. The van der Waals surface area contributed by atoms with Crippen molar-refractivity contribution in [1.82, 2.24) is 0 Å². The third-order valence-electron chi connectivity index (χ3n) is 1.90. The molecule has 92 valence electrons. The molecule has 1 aromatic rings. The van der Waals surface area contributed by atoms with E-state index >= 15 is 0 Å². The summed E-state index contributed by atoms with van der Waals surface area (Å²) in [6.45, 7) is -0.366. The monoisotopic (exact) mass is 300 g/mol. The van der Waals surface area contributed by atoms with Crippen LogP contribution in [0, 0.1) is 0 Å². The van der Waals surface area contributed by atoms with E-state index in [1.807, 2.05) is 18.2 Å². The Morgan fingerprint density at radius 1 is 1.41 bits per heavy atom. The highest BCUT2D eigenvalue weighted by Gasteiger charge is 2.03. The fourth-order valence-corrected chi connectivity index (χ4v) is 1.40. The fourth-order valence-electron chi connectivity index (χ4n) is 1.22. The number of rotatable bonds is 6. The zero-order valence-corrected chi connectivity index (χ0v) is 10.9. The van der Waals surface area contributed by atoms with Gasteiger partial charge >= 0.3 is 5.97 Å². The quantitative estimate of drug-likeness (QED) is 0.821. The molecule has 4 nitrogen and oxygen atoms in total. The highest BCUT2D eigenvalue weighted by Crippen LogP contribution is 2.23. The smallest absolute Gasteiger partial charge is 0.341 e. The highest BCUT2D eigenvalue weighted by molar-refractivity contribution is 9.09. The minimum absolute atomic E-state index is 0.366. The summed E-state index contributed by atoms with van der Waals surface area (Å²) < 4.78 is 10.2. The highest BCUT2D eigenvalue weighted by atomic mass is 79.9. The molecule has 0 saturated carbocycles. The van der Waals surface area contributed by atoms with Crippen molar-refractivity contribution in [1.29, 1.82) is 0 Å². The number of carboxylic acid groups (broad SMARTS) is 1. The van der Waals surface area contributed by atoms with Gasteiger partial charge in [0.1, 0.15) is 11.5 Å². The number of aliphatic carboxylic acids is 1. The molecular weight excluding hydrogens is 288 g/mol. The van der Waals surface area contributed by atoms with Crippen molar-refractivity contribution in [3.05, 3.63) is 29.8 Å². The van der Waals surface area contributed by atoms with E-state index in [0.29, 0.717) is 11.5 Å². The van der Waals surface area contributed by atoms with Gasteiger partial charge in [0.05, 0.1) is 7.11 Å². The molecule has 0 bridgehead atoms. The molecule has 0 aromatic heterocycles. The number of ether oxygens (including phenoxy) is 2. The number of halogens is 1. The van der Waals surface area contributed by atoms with Crippen LogP contribution in [0.2, 0.25) is 0 Å². The molecule has 1 N–H and O–H groups in total. The second kappa shape index (κ2) is 6.96. The zero-order valence-electron chi connectivity index (χ0n) is 9.35. The molecule has 0 aliphatic carbocycles. The van der Waals surface area contributed by atoms with Crippen molar-refractivity contribution < 1.29 is 19.4 Å². The lowest BCUT2D eigenvalue weighted by molar-refractivity contribution is -0.139. The topological polar surface area (TPSA) is 55.8 Å². The van der Waals surface area contributed by atoms with E-state index in [0.717, 1.165) is 10.9 Å². The molecule has 0 aliphatic rings. The first-order chi connectivity index (χ1) is 8.15. The lowest BCUT2D eigenvalue weighted by atomic mass is 10.2. The largest absolute Gasteiger partial charge is 0.497 e. The van der Waals surface area contributed by atoms with Gasteiger partial charge < -0.3 is 14.6 Å². The predicted molar refractivity (Wildman–Crippen MR) is 69.0 cm³/mol. The summed E-state index contributed by atoms with van der Waals surface area (Å²) in [6.07, 6.45) is 3.82. The Hall–Kier alpha value is -1.49. The maximum Gasteiger partial charge on any atom is 0.341 e. The summed E-state index contributed by atoms with van der Waals surface area (Å²) in [6, 6.07) is 5.24. The van der Waals surface area contributed by atoms with Gasteiger partial charge in [-0.25, -0.2) is 4.79 Å². The zero-order chi connectivity index (χ0) is 12.7. The van der Waals surface area contributed by atoms with Gasteiger partial charge in [-0.15, -0.1) is 0 Å². The van der Waals surface area contributed by atoms with Gasteiger partial charge in [-0.05, 0) is 17.7 Å². The van der Waals surface area contributed by atoms with Gasteiger partial charge in [-0.2, -0.15) is 0 Å². The van der Waals surface area contributed by atoms with Gasteiger partial charge in [0.25, 0.3) is 0 Å². The van der Waals surface area contributed by atoms with Gasteiger partial charge in [0.2, 0.25) is 0 Å². The minimum Gasteiger partial charge on any atom is -0.497 e. The molecule has 0 unspecified atom stereocenters. The Morgan fingerprint density at radius 2 is 2.12 bits per heavy atom. The minimum atomic E-state index is -1.01. The van der Waals surface area contributed by atoms with E-state index in [1.54, 1.807) is 19.2 Å². The van der Waals surface area contributed by atoms with Crippen LogP contribution in [0.15, 0.2) is 24.3 Å². The van der Waals surface area contributed by atoms with E-state index in [9.17, 15) is 4.79 Å². The molecule has 1 rings (SSSR count). The summed E-state index contributed by atoms with van der Waals surface area (Å²) in [5, 5.41) is 9.28. The molecule has 17 heavy (non-hydrogen) atoms. The Kier molecular flexibility index (Phi) is 5.56. The van der Waals surface area contributed by atoms with Gasteiger partial charge in [-0.3, -0.25) is 0 Å². The summed E-state index contributed by atoms with van der Waals surface area (Å²) in [4.78, 5) is 10.4. The van der Waals surface area contributed by atoms with E-state index in [1.165, 1.54) is 0 Å². The van der Waals surface area contributed by atoms with Crippen molar-refractivity contribution >= 4 is 28.0 Å². The lowest BCUT2D eigenvalue weighted by Gasteiger charge is -2.07. The molecule has 0 spiro atoms. The second-order valence-electron chi connectivity index (χ2n) is 3.18. The van der Waals surface area contributed by atoms with Crippen LogP contribution in [0.3, 0.4) is 0 Å². The van der Waals surface area contributed by atoms with E-state index in [2.05, 4.69) is 15.9 Å². The summed E-state index contributed by atoms with van der Waals surface area (Å²) in [5.41, 5.74) is 0.893. The van der Waals surface area contributed by atoms with Crippen LogP contribution in [0.1, 0.15) is 5.56 Å². The van der Waals surface area contributed by atoms with Crippen molar-refractivity contribution in [2.24, 2.45) is 0 Å². The van der Waals surface area contributed by atoms with Crippen LogP contribution in [-0.4, -0.2) is 30.1 Å². The molecular formula is C12H13BrO4. The molecule has 0 saturated heterocycles. The Bertz CT molecular complexity index is 415. The van der Waals surface area contributed by atoms with Crippen LogP contribution >= 0.6 is 15.9 Å². The van der Waals surface area contributed by atoms with Crippen LogP contribution in [0.5, 0.6) is 11.5 Å². The Morgan fingerprint density at radius 3 is 2.71 bits per heavy atom. The average Bonchev–Trinajstić information content (AvgIpc) is 2.33. The van der Waals surface area contributed by atoms with Crippen LogP contribution < -0.4 is 9.47 Å². The summed E-state index contributed by atoms with van der Waals surface area (Å²) in [7, 11) is 1.55. The number of allylic oxidation sites excluding steroid dienone is 1. The van der Waals surface area contributed by atoms with Crippen LogP contribution in [-0.2, 0) is 4.79 Å². The molecule has 1 aromatic carbocycles. The maximum absolute atomic E-state index is 10.4. The van der Waals surface area contributed by atoms with Gasteiger partial charge in [0.15, 0.2) is 6.61 Å². The third-order valence-corrected chi connectivity index (χ3v) is 2.27. The first-order valence-electron chi connectivity index (χ1n) is 4.92. The lowest BCUT2D eigenvalue weighted by Crippen LogP contribution is -2.09. The second-order valence-corrected chi connectivity index (χ2v) is 3.83. The molecule has 0 heterocycles. The Balaban J connectivity index is 2.88. The fraction of sp³-hybridized carbons (Fsp3) is 0.250. The number of carbonyl (C=O) groups is 1. The normalized spacial score (nSPS) is 10.5. The molecule has 5 heteroatoms. The van der Waals surface area contributed by atoms with Gasteiger partial charge in [-0.1, -0.05) is 28.1 Å². The van der Waals surface area contributed by atoms with Crippen LogP contribution in [0.25, 0.3) is 6.08 Å².